The molecule has 1 aromatic carbocycles. The minimum Gasteiger partial charge on any atom is -0.319 e. The summed E-state index contributed by atoms with van der Waals surface area (Å²) in [6.45, 7) is 2.48. The van der Waals surface area contributed by atoms with Crippen LogP contribution in [0.15, 0.2) is 12.1 Å². The Morgan fingerprint density at radius 1 is 1.17 bits per heavy atom. The third kappa shape index (κ3) is 2.56. The first kappa shape index (κ1) is 13.5. The van der Waals surface area contributed by atoms with Crippen LogP contribution in [0.1, 0.15) is 42.7 Å². The molecule has 2 unspecified atom stereocenters. The normalized spacial score (nSPS) is 24.2. The largest absolute Gasteiger partial charge is 0.319 e. The van der Waals surface area contributed by atoms with Crippen LogP contribution in [-0.2, 0) is 0 Å². The summed E-state index contributed by atoms with van der Waals surface area (Å²) < 4.78 is 27.7. The molecule has 0 saturated heterocycles. The van der Waals surface area contributed by atoms with Gasteiger partial charge in [-0.15, -0.1) is 0 Å². The molecule has 2 rings (SSSR count). The van der Waals surface area contributed by atoms with Gasteiger partial charge in [0.05, 0.1) is 0 Å². The van der Waals surface area contributed by atoms with Gasteiger partial charge in [-0.3, -0.25) is 0 Å². The van der Waals surface area contributed by atoms with Gasteiger partial charge in [0.2, 0.25) is 0 Å². The fourth-order valence-corrected chi connectivity index (χ4v) is 3.07. The monoisotopic (exact) mass is 253 g/mol. The molecule has 0 spiro atoms. The van der Waals surface area contributed by atoms with E-state index in [2.05, 4.69) is 5.32 Å². The van der Waals surface area contributed by atoms with Gasteiger partial charge in [-0.25, -0.2) is 8.78 Å². The van der Waals surface area contributed by atoms with E-state index in [-0.39, 0.29) is 5.92 Å². The number of hydrogen-bond acceptors (Lipinski definition) is 1. The van der Waals surface area contributed by atoms with E-state index in [4.69, 9.17) is 0 Å². The van der Waals surface area contributed by atoms with E-state index in [1.165, 1.54) is 6.42 Å². The highest BCUT2D eigenvalue weighted by molar-refractivity contribution is 5.29. The fourth-order valence-electron chi connectivity index (χ4n) is 3.07. The molecular weight excluding hydrogens is 232 g/mol. The summed E-state index contributed by atoms with van der Waals surface area (Å²) in [4.78, 5) is 0. The van der Waals surface area contributed by atoms with Crippen molar-refractivity contribution in [1.29, 1.82) is 0 Å². The van der Waals surface area contributed by atoms with Gasteiger partial charge in [0, 0.05) is 0 Å². The predicted octanol–water partition coefficient (Wildman–Crippen LogP) is 3.77. The Morgan fingerprint density at radius 3 is 2.61 bits per heavy atom. The van der Waals surface area contributed by atoms with Crippen molar-refractivity contribution in [2.45, 2.75) is 38.5 Å². The Labute approximate surface area is 108 Å². The molecule has 18 heavy (non-hydrogen) atoms. The Kier molecular flexibility index (Phi) is 4.33. The summed E-state index contributed by atoms with van der Waals surface area (Å²) in [5.74, 6) is -0.744. The second kappa shape index (κ2) is 5.79. The predicted molar refractivity (Wildman–Crippen MR) is 69.7 cm³/mol. The average Bonchev–Trinajstić information content (AvgIpc) is 2.38. The standard InChI is InChI=1S/C15H21F2N/c1-10-7-8-13(15(17)14(10)16)12-6-4-3-5-11(12)9-18-2/h7-8,11-12,18H,3-6,9H2,1-2H3. The van der Waals surface area contributed by atoms with E-state index in [1.807, 2.05) is 7.05 Å². The van der Waals surface area contributed by atoms with Crippen molar-refractivity contribution in [2.75, 3.05) is 13.6 Å². The maximum atomic E-state index is 14.1. The summed E-state index contributed by atoms with van der Waals surface area (Å²) in [6, 6.07) is 3.46. The Morgan fingerprint density at radius 2 is 1.89 bits per heavy atom. The van der Waals surface area contributed by atoms with Crippen LogP contribution in [0.2, 0.25) is 0 Å². The zero-order chi connectivity index (χ0) is 13.1. The third-order valence-electron chi connectivity index (χ3n) is 4.08. The minimum atomic E-state index is -0.679. The van der Waals surface area contributed by atoms with Crippen LogP contribution in [0.25, 0.3) is 0 Å². The molecule has 1 saturated carbocycles. The smallest absolute Gasteiger partial charge is 0.162 e. The van der Waals surface area contributed by atoms with Gasteiger partial charge >= 0.3 is 0 Å². The molecule has 3 heteroatoms. The highest BCUT2D eigenvalue weighted by Crippen LogP contribution is 2.39. The van der Waals surface area contributed by atoms with Gasteiger partial charge in [0.25, 0.3) is 0 Å². The molecule has 1 nitrogen and oxygen atoms in total. The Bertz CT molecular complexity index is 415. The number of benzene rings is 1. The number of halogens is 2. The van der Waals surface area contributed by atoms with Gasteiger partial charge in [-0.05, 0) is 56.3 Å². The number of aryl methyl sites for hydroxylation is 1. The first-order chi connectivity index (χ1) is 8.65. The van der Waals surface area contributed by atoms with E-state index >= 15 is 0 Å². The van der Waals surface area contributed by atoms with Crippen molar-refractivity contribution in [3.63, 3.8) is 0 Å². The summed E-state index contributed by atoms with van der Waals surface area (Å²) in [7, 11) is 1.91. The van der Waals surface area contributed by atoms with Crippen LogP contribution in [-0.4, -0.2) is 13.6 Å². The molecule has 2 atom stereocenters. The quantitative estimate of drug-likeness (QED) is 0.864. The van der Waals surface area contributed by atoms with E-state index in [0.717, 1.165) is 25.8 Å². The molecule has 1 N–H and O–H groups in total. The van der Waals surface area contributed by atoms with Crippen molar-refractivity contribution in [1.82, 2.24) is 5.32 Å². The molecule has 1 fully saturated rings. The zero-order valence-electron chi connectivity index (χ0n) is 11.1. The van der Waals surface area contributed by atoms with Crippen molar-refractivity contribution >= 4 is 0 Å². The zero-order valence-corrected chi connectivity index (χ0v) is 11.1. The first-order valence-corrected chi connectivity index (χ1v) is 6.74. The summed E-state index contributed by atoms with van der Waals surface area (Å²) in [6.07, 6.45) is 4.37. The lowest BCUT2D eigenvalue weighted by Gasteiger charge is -2.32. The van der Waals surface area contributed by atoms with Crippen molar-refractivity contribution in [3.05, 3.63) is 34.9 Å². The highest BCUT2D eigenvalue weighted by atomic mass is 19.2. The summed E-state index contributed by atoms with van der Waals surface area (Å²) >= 11 is 0. The first-order valence-electron chi connectivity index (χ1n) is 6.74. The Balaban J connectivity index is 2.31. The molecule has 0 aromatic heterocycles. The maximum absolute atomic E-state index is 14.1. The van der Waals surface area contributed by atoms with Gasteiger partial charge in [0.1, 0.15) is 0 Å². The maximum Gasteiger partial charge on any atom is 0.162 e. The molecule has 0 heterocycles. The van der Waals surface area contributed by atoms with Gasteiger partial charge in [-0.2, -0.15) is 0 Å². The molecule has 0 aliphatic heterocycles. The second-order valence-electron chi connectivity index (χ2n) is 5.31. The molecule has 0 amide bonds. The van der Waals surface area contributed by atoms with E-state index < -0.39 is 11.6 Å². The molecule has 1 aliphatic rings. The lowest BCUT2D eigenvalue weighted by Crippen LogP contribution is -2.28. The van der Waals surface area contributed by atoms with Crippen molar-refractivity contribution < 1.29 is 8.78 Å². The summed E-state index contributed by atoms with van der Waals surface area (Å²) in [5, 5.41) is 3.17. The number of hydrogen-bond donors (Lipinski definition) is 1. The second-order valence-corrected chi connectivity index (χ2v) is 5.31. The van der Waals surface area contributed by atoms with E-state index in [1.54, 1.807) is 19.1 Å². The van der Waals surface area contributed by atoms with Crippen LogP contribution in [0.5, 0.6) is 0 Å². The third-order valence-corrected chi connectivity index (χ3v) is 4.08. The van der Waals surface area contributed by atoms with Crippen LogP contribution in [0, 0.1) is 24.5 Å². The SMILES string of the molecule is CNCC1CCCCC1c1ccc(C)c(F)c1F. The molecule has 1 aliphatic carbocycles. The Hall–Kier alpha value is -0.960. The molecule has 100 valence electrons. The van der Waals surface area contributed by atoms with Gasteiger partial charge in [-0.1, -0.05) is 25.0 Å². The van der Waals surface area contributed by atoms with Gasteiger partial charge in [0.15, 0.2) is 11.6 Å². The molecule has 1 aromatic rings. The van der Waals surface area contributed by atoms with Crippen molar-refractivity contribution in [2.24, 2.45) is 5.92 Å². The van der Waals surface area contributed by atoms with Crippen LogP contribution in [0.3, 0.4) is 0 Å². The lowest BCUT2D eigenvalue weighted by molar-refractivity contribution is 0.293. The molecule has 0 bridgehead atoms. The molecular formula is C15H21F2N. The number of nitrogens with one attached hydrogen (secondary N) is 1. The lowest BCUT2D eigenvalue weighted by atomic mass is 9.75. The van der Waals surface area contributed by atoms with Crippen LogP contribution < -0.4 is 5.32 Å². The fraction of sp³-hybridized carbons (Fsp3) is 0.600. The van der Waals surface area contributed by atoms with Crippen molar-refractivity contribution in [3.8, 4) is 0 Å². The van der Waals surface area contributed by atoms with Gasteiger partial charge < -0.3 is 5.32 Å². The molecule has 0 radical (unpaired) electrons. The topological polar surface area (TPSA) is 12.0 Å². The van der Waals surface area contributed by atoms with Crippen LogP contribution in [0.4, 0.5) is 8.78 Å². The minimum absolute atomic E-state index is 0.154. The number of rotatable bonds is 3. The van der Waals surface area contributed by atoms with Crippen LogP contribution >= 0.6 is 0 Å². The van der Waals surface area contributed by atoms with E-state index in [9.17, 15) is 8.78 Å². The summed E-state index contributed by atoms with van der Waals surface area (Å²) in [5.41, 5.74) is 0.954. The highest BCUT2D eigenvalue weighted by Gasteiger charge is 2.29. The van der Waals surface area contributed by atoms with E-state index in [0.29, 0.717) is 17.0 Å². The average molecular weight is 253 g/mol.